The van der Waals surface area contributed by atoms with Gasteiger partial charge in [-0.1, -0.05) is 30.3 Å². The normalized spacial score (nSPS) is 17.3. The molecule has 0 bridgehead atoms. The highest BCUT2D eigenvalue weighted by Gasteiger charge is 2.32. The lowest BCUT2D eigenvalue weighted by molar-refractivity contribution is 0.115. The monoisotopic (exact) mass is 284 g/mol. The first-order valence-electron chi connectivity index (χ1n) is 7.41. The molecule has 1 aromatic carbocycles. The summed E-state index contributed by atoms with van der Waals surface area (Å²) >= 11 is 0. The van der Waals surface area contributed by atoms with Gasteiger partial charge in [0.25, 0.3) is 0 Å². The van der Waals surface area contributed by atoms with E-state index in [0.29, 0.717) is 6.54 Å². The molecule has 1 saturated heterocycles. The van der Waals surface area contributed by atoms with Crippen molar-refractivity contribution in [3.05, 3.63) is 54.4 Å². The maximum Gasteiger partial charge on any atom is 0.317 e. The summed E-state index contributed by atoms with van der Waals surface area (Å²) < 4.78 is 1.88. The molecule has 5 nitrogen and oxygen atoms in total. The van der Waals surface area contributed by atoms with E-state index in [1.165, 1.54) is 5.56 Å². The van der Waals surface area contributed by atoms with Crippen molar-refractivity contribution in [2.45, 2.75) is 25.4 Å². The predicted octanol–water partition coefficient (Wildman–Crippen LogP) is 2.43. The van der Waals surface area contributed by atoms with Crippen LogP contribution in [-0.4, -0.2) is 33.8 Å². The molecular weight excluding hydrogens is 264 g/mol. The van der Waals surface area contributed by atoms with Crippen molar-refractivity contribution < 1.29 is 4.79 Å². The second-order valence-corrected chi connectivity index (χ2v) is 5.26. The highest BCUT2D eigenvalue weighted by atomic mass is 16.2. The summed E-state index contributed by atoms with van der Waals surface area (Å²) in [6, 6.07) is 12.4. The van der Waals surface area contributed by atoms with Crippen LogP contribution in [0.5, 0.6) is 0 Å². The van der Waals surface area contributed by atoms with E-state index in [1.807, 2.05) is 40.0 Å². The minimum atomic E-state index is 0.0376. The molecule has 5 heteroatoms. The van der Waals surface area contributed by atoms with Crippen LogP contribution in [0.2, 0.25) is 0 Å². The number of rotatable bonds is 5. The van der Waals surface area contributed by atoms with Crippen molar-refractivity contribution in [2.75, 3.05) is 13.1 Å². The van der Waals surface area contributed by atoms with E-state index in [0.717, 1.165) is 25.9 Å². The molecular formula is C16H20N4O. The zero-order valence-electron chi connectivity index (χ0n) is 12.0. The standard InChI is InChI=1S/C16H20N4O/c21-16(17-9-4-11-19-12-5-10-18-19)20-13-8-15(20)14-6-2-1-3-7-14/h1-3,5-7,10,12,15H,4,8-9,11,13H2,(H,17,21)/t15-/m1/s1. The zero-order valence-corrected chi connectivity index (χ0v) is 12.0. The molecule has 2 heterocycles. The molecule has 0 aliphatic carbocycles. The van der Waals surface area contributed by atoms with Gasteiger partial charge in [-0.05, 0) is 24.5 Å². The Morgan fingerprint density at radius 3 is 2.81 bits per heavy atom. The average Bonchev–Trinajstić information content (AvgIpc) is 2.97. The lowest BCUT2D eigenvalue weighted by Gasteiger charge is -2.41. The van der Waals surface area contributed by atoms with Crippen molar-refractivity contribution in [1.82, 2.24) is 20.0 Å². The SMILES string of the molecule is O=C(NCCCn1cccn1)N1CC[C@@H]1c1ccccc1. The van der Waals surface area contributed by atoms with E-state index >= 15 is 0 Å². The Morgan fingerprint density at radius 1 is 1.29 bits per heavy atom. The number of nitrogens with zero attached hydrogens (tertiary/aromatic N) is 3. The van der Waals surface area contributed by atoms with Crippen molar-refractivity contribution in [2.24, 2.45) is 0 Å². The number of aryl methyl sites for hydroxylation is 1. The molecule has 0 spiro atoms. The van der Waals surface area contributed by atoms with E-state index in [1.54, 1.807) is 6.20 Å². The molecule has 0 saturated carbocycles. The zero-order chi connectivity index (χ0) is 14.5. The lowest BCUT2D eigenvalue weighted by Crippen LogP contribution is -2.50. The molecule has 1 aliphatic heterocycles. The van der Waals surface area contributed by atoms with E-state index in [2.05, 4.69) is 22.5 Å². The molecule has 0 unspecified atom stereocenters. The maximum atomic E-state index is 12.2. The molecule has 1 atom stereocenters. The van der Waals surface area contributed by atoms with E-state index < -0.39 is 0 Å². The molecule has 1 fully saturated rings. The first kappa shape index (κ1) is 13.7. The smallest absolute Gasteiger partial charge is 0.317 e. The third-order valence-electron chi connectivity index (χ3n) is 3.86. The second kappa shape index (κ2) is 6.43. The molecule has 110 valence electrons. The van der Waals surface area contributed by atoms with Gasteiger partial charge in [0.2, 0.25) is 0 Å². The largest absolute Gasteiger partial charge is 0.338 e. The third-order valence-corrected chi connectivity index (χ3v) is 3.86. The number of likely N-dealkylation sites (tertiary alicyclic amines) is 1. The summed E-state index contributed by atoms with van der Waals surface area (Å²) in [6.45, 7) is 2.34. The summed E-state index contributed by atoms with van der Waals surface area (Å²) in [5, 5.41) is 7.13. The number of urea groups is 1. The molecule has 1 aromatic heterocycles. The van der Waals surface area contributed by atoms with Crippen LogP contribution in [0.3, 0.4) is 0 Å². The first-order chi connectivity index (χ1) is 10.3. The highest BCUT2D eigenvalue weighted by Crippen LogP contribution is 2.32. The minimum Gasteiger partial charge on any atom is -0.338 e. The number of aromatic nitrogens is 2. The summed E-state index contributed by atoms with van der Waals surface area (Å²) in [5.74, 6) is 0. The Morgan fingerprint density at radius 2 is 2.14 bits per heavy atom. The van der Waals surface area contributed by atoms with Gasteiger partial charge in [-0.25, -0.2) is 4.79 Å². The summed E-state index contributed by atoms with van der Waals surface area (Å²) in [7, 11) is 0. The molecule has 3 rings (SSSR count). The molecule has 0 radical (unpaired) electrons. The van der Waals surface area contributed by atoms with Crippen LogP contribution in [0.15, 0.2) is 48.8 Å². The van der Waals surface area contributed by atoms with Gasteiger partial charge in [-0.3, -0.25) is 4.68 Å². The fraction of sp³-hybridized carbons (Fsp3) is 0.375. The Bertz CT molecular complexity index is 567. The van der Waals surface area contributed by atoms with E-state index in [-0.39, 0.29) is 12.1 Å². The Kier molecular flexibility index (Phi) is 4.19. The Labute approximate surface area is 124 Å². The fourth-order valence-corrected chi connectivity index (χ4v) is 2.62. The first-order valence-corrected chi connectivity index (χ1v) is 7.41. The number of amides is 2. The highest BCUT2D eigenvalue weighted by molar-refractivity contribution is 5.75. The van der Waals surface area contributed by atoms with Crippen molar-refractivity contribution >= 4 is 6.03 Å². The van der Waals surface area contributed by atoms with Crippen LogP contribution in [0.1, 0.15) is 24.4 Å². The average molecular weight is 284 g/mol. The summed E-state index contributed by atoms with van der Waals surface area (Å²) in [6.07, 6.45) is 5.63. The van der Waals surface area contributed by atoms with Crippen molar-refractivity contribution in [3.8, 4) is 0 Å². The predicted molar refractivity (Wildman–Crippen MR) is 80.7 cm³/mol. The van der Waals surface area contributed by atoms with Crippen molar-refractivity contribution in [1.29, 1.82) is 0 Å². The number of nitrogens with one attached hydrogen (secondary N) is 1. The number of hydrogen-bond acceptors (Lipinski definition) is 2. The van der Waals surface area contributed by atoms with Gasteiger partial charge in [0, 0.05) is 32.0 Å². The van der Waals surface area contributed by atoms with E-state index in [4.69, 9.17) is 0 Å². The number of carbonyl (C=O) groups is 1. The van der Waals surface area contributed by atoms with Gasteiger partial charge in [-0.15, -0.1) is 0 Å². The molecule has 2 aromatic rings. The Hall–Kier alpha value is -2.30. The second-order valence-electron chi connectivity index (χ2n) is 5.26. The molecule has 1 aliphatic rings. The Balaban J connectivity index is 1.43. The molecule has 21 heavy (non-hydrogen) atoms. The van der Waals surface area contributed by atoms with E-state index in [9.17, 15) is 4.79 Å². The lowest BCUT2D eigenvalue weighted by atomic mass is 9.95. The third kappa shape index (κ3) is 3.24. The van der Waals surface area contributed by atoms with Gasteiger partial charge in [0.1, 0.15) is 0 Å². The number of carbonyl (C=O) groups excluding carboxylic acids is 1. The van der Waals surface area contributed by atoms with Gasteiger partial charge >= 0.3 is 6.03 Å². The molecule has 1 N–H and O–H groups in total. The topological polar surface area (TPSA) is 50.2 Å². The minimum absolute atomic E-state index is 0.0376. The fourth-order valence-electron chi connectivity index (χ4n) is 2.62. The van der Waals surface area contributed by atoms with Crippen LogP contribution in [0.25, 0.3) is 0 Å². The van der Waals surface area contributed by atoms with Crippen LogP contribution in [0.4, 0.5) is 4.79 Å². The molecule has 2 amide bonds. The summed E-state index contributed by atoms with van der Waals surface area (Å²) in [5.41, 5.74) is 1.22. The van der Waals surface area contributed by atoms with Crippen LogP contribution < -0.4 is 5.32 Å². The van der Waals surface area contributed by atoms with Gasteiger partial charge in [0.15, 0.2) is 0 Å². The quantitative estimate of drug-likeness (QED) is 0.857. The maximum absolute atomic E-state index is 12.2. The van der Waals surface area contributed by atoms with Crippen molar-refractivity contribution in [3.63, 3.8) is 0 Å². The number of hydrogen-bond donors (Lipinski definition) is 1. The van der Waals surface area contributed by atoms with Crippen LogP contribution in [0, 0.1) is 0 Å². The van der Waals surface area contributed by atoms with Crippen LogP contribution in [-0.2, 0) is 6.54 Å². The van der Waals surface area contributed by atoms with Gasteiger partial charge in [-0.2, -0.15) is 5.10 Å². The summed E-state index contributed by atoms with van der Waals surface area (Å²) in [4.78, 5) is 14.1. The van der Waals surface area contributed by atoms with Gasteiger partial charge in [0.05, 0.1) is 6.04 Å². The van der Waals surface area contributed by atoms with Crippen LogP contribution >= 0.6 is 0 Å². The van der Waals surface area contributed by atoms with Gasteiger partial charge < -0.3 is 10.2 Å². The number of benzene rings is 1.